The van der Waals surface area contributed by atoms with Crippen LogP contribution in [0.3, 0.4) is 0 Å². The van der Waals surface area contributed by atoms with Gasteiger partial charge in [-0.1, -0.05) is 56.6 Å². The minimum absolute atomic E-state index is 0.00871. The molecular weight excluding hydrogens is 282 g/mol. The molecular formula is C18H22ClNO. The Hall–Kier alpha value is -1.51. The van der Waals surface area contributed by atoms with Crippen LogP contribution in [0, 0.1) is 0 Å². The molecule has 0 amide bonds. The van der Waals surface area contributed by atoms with Gasteiger partial charge in [0.1, 0.15) is 11.5 Å². The number of hydrogen-bond donors (Lipinski definition) is 1. The van der Waals surface area contributed by atoms with Gasteiger partial charge in [0.2, 0.25) is 0 Å². The minimum Gasteiger partial charge on any atom is -0.455 e. The number of ether oxygens (including phenoxy) is 1. The lowest BCUT2D eigenvalue weighted by atomic mass is 9.86. The molecule has 0 spiro atoms. The van der Waals surface area contributed by atoms with Gasteiger partial charge in [-0.3, -0.25) is 0 Å². The Morgan fingerprint density at radius 3 is 2.29 bits per heavy atom. The molecule has 3 heteroatoms. The molecule has 2 aromatic carbocycles. The van der Waals surface area contributed by atoms with Crippen LogP contribution in [0.25, 0.3) is 0 Å². The third-order valence-corrected chi connectivity index (χ3v) is 3.69. The summed E-state index contributed by atoms with van der Waals surface area (Å²) in [5.41, 5.74) is 8.02. The minimum atomic E-state index is -0.0431. The van der Waals surface area contributed by atoms with Crippen molar-refractivity contribution in [2.75, 3.05) is 0 Å². The standard InChI is InChI=1S/C18H22ClNO/c1-12(20)13-9-10-17(15(19)11-13)21-16-8-6-5-7-14(16)18(2,3)4/h5-12H,20H2,1-4H3/t12-/m1/s1. The van der Waals surface area contributed by atoms with Crippen LogP contribution in [0.15, 0.2) is 42.5 Å². The van der Waals surface area contributed by atoms with E-state index in [-0.39, 0.29) is 11.5 Å². The average molecular weight is 304 g/mol. The molecule has 21 heavy (non-hydrogen) atoms. The van der Waals surface area contributed by atoms with Crippen molar-refractivity contribution >= 4 is 11.6 Å². The Balaban J connectivity index is 2.35. The van der Waals surface area contributed by atoms with E-state index in [0.29, 0.717) is 10.8 Å². The topological polar surface area (TPSA) is 35.2 Å². The number of benzene rings is 2. The molecule has 0 aromatic heterocycles. The Labute approximate surface area is 131 Å². The molecule has 0 fully saturated rings. The van der Waals surface area contributed by atoms with Crippen molar-refractivity contribution in [1.29, 1.82) is 0 Å². The highest BCUT2D eigenvalue weighted by molar-refractivity contribution is 6.32. The quantitative estimate of drug-likeness (QED) is 0.818. The molecule has 0 unspecified atom stereocenters. The SMILES string of the molecule is C[C@@H](N)c1ccc(Oc2ccccc2C(C)(C)C)c(Cl)c1. The van der Waals surface area contributed by atoms with Gasteiger partial charge < -0.3 is 10.5 Å². The summed E-state index contributed by atoms with van der Waals surface area (Å²) in [6, 6.07) is 13.7. The fourth-order valence-corrected chi connectivity index (χ4v) is 2.40. The Morgan fingerprint density at radius 1 is 1.05 bits per heavy atom. The van der Waals surface area contributed by atoms with Crippen molar-refractivity contribution < 1.29 is 4.74 Å². The number of para-hydroxylation sites is 1. The van der Waals surface area contributed by atoms with Gasteiger partial charge in [0.25, 0.3) is 0 Å². The third kappa shape index (κ3) is 3.78. The molecule has 0 saturated heterocycles. The number of hydrogen-bond acceptors (Lipinski definition) is 2. The molecule has 0 radical (unpaired) electrons. The van der Waals surface area contributed by atoms with Crippen LogP contribution in [0.1, 0.15) is 44.9 Å². The van der Waals surface area contributed by atoms with E-state index in [4.69, 9.17) is 22.1 Å². The predicted molar refractivity (Wildman–Crippen MR) is 89.3 cm³/mol. The van der Waals surface area contributed by atoms with Gasteiger partial charge in [0.05, 0.1) is 5.02 Å². The second-order valence-electron chi connectivity index (χ2n) is 6.33. The molecule has 1 atom stereocenters. The lowest BCUT2D eigenvalue weighted by Crippen LogP contribution is -2.12. The molecule has 2 aromatic rings. The predicted octanol–water partition coefficient (Wildman–Crippen LogP) is 5.45. The summed E-state index contributed by atoms with van der Waals surface area (Å²) in [4.78, 5) is 0. The number of nitrogens with two attached hydrogens (primary N) is 1. The summed E-state index contributed by atoms with van der Waals surface area (Å²) in [6.07, 6.45) is 0. The maximum absolute atomic E-state index is 6.31. The van der Waals surface area contributed by atoms with Crippen molar-refractivity contribution in [3.63, 3.8) is 0 Å². The fourth-order valence-electron chi connectivity index (χ4n) is 2.18. The summed E-state index contributed by atoms with van der Waals surface area (Å²) in [7, 11) is 0. The molecule has 2 N–H and O–H groups in total. The fraction of sp³-hybridized carbons (Fsp3) is 0.333. The maximum atomic E-state index is 6.31. The largest absolute Gasteiger partial charge is 0.455 e. The van der Waals surface area contributed by atoms with Crippen LogP contribution in [0.4, 0.5) is 0 Å². The zero-order valence-corrected chi connectivity index (χ0v) is 13.7. The second kappa shape index (κ2) is 6.08. The molecule has 0 bridgehead atoms. The van der Waals surface area contributed by atoms with Gasteiger partial charge in [0.15, 0.2) is 0 Å². The zero-order valence-electron chi connectivity index (χ0n) is 13.0. The number of halogens is 1. The molecule has 0 saturated carbocycles. The zero-order chi connectivity index (χ0) is 15.6. The van der Waals surface area contributed by atoms with Crippen molar-refractivity contribution in [3.8, 4) is 11.5 Å². The van der Waals surface area contributed by atoms with E-state index in [2.05, 4.69) is 26.8 Å². The maximum Gasteiger partial charge on any atom is 0.146 e. The summed E-state index contributed by atoms with van der Waals surface area (Å²) in [5.74, 6) is 1.48. The van der Waals surface area contributed by atoms with Gasteiger partial charge >= 0.3 is 0 Å². The highest BCUT2D eigenvalue weighted by atomic mass is 35.5. The van der Waals surface area contributed by atoms with Gasteiger partial charge in [0, 0.05) is 11.6 Å². The molecule has 112 valence electrons. The van der Waals surface area contributed by atoms with Crippen molar-refractivity contribution in [2.24, 2.45) is 5.73 Å². The Bertz CT molecular complexity index is 629. The van der Waals surface area contributed by atoms with Crippen LogP contribution in [-0.4, -0.2) is 0 Å². The van der Waals surface area contributed by atoms with E-state index < -0.39 is 0 Å². The monoisotopic (exact) mass is 303 g/mol. The highest BCUT2D eigenvalue weighted by Gasteiger charge is 2.19. The van der Waals surface area contributed by atoms with Gasteiger partial charge in [-0.25, -0.2) is 0 Å². The first-order valence-electron chi connectivity index (χ1n) is 7.11. The molecule has 0 heterocycles. The van der Waals surface area contributed by atoms with Crippen molar-refractivity contribution in [3.05, 3.63) is 58.6 Å². The van der Waals surface area contributed by atoms with Crippen LogP contribution >= 0.6 is 11.6 Å². The second-order valence-corrected chi connectivity index (χ2v) is 6.73. The first-order chi connectivity index (χ1) is 9.79. The van der Waals surface area contributed by atoms with E-state index in [1.807, 2.05) is 43.3 Å². The van der Waals surface area contributed by atoms with Gasteiger partial charge in [-0.15, -0.1) is 0 Å². The molecule has 0 aliphatic carbocycles. The van der Waals surface area contributed by atoms with E-state index >= 15 is 0 Å². The van der Waals surface area contributed by atoms with E-state index in [1.54, 1.807) is 0 Å². The van der Waals surface area contributed by atoms with Crippen molar-refractivity contribution in [1.82, 2.24) is 0 Å². The summed E-state index contributed by atoms with van der Waals surface area (Å²) in [5, 5.41) is 0.577. The lowest BCUT2D eigenvalue weighted by molar-refractivity contribution is 0.455. The van der Waals surface area contributed by atoms with Crippen LogP contribution in [-0.2, 0) is 5.41 Å². The van der Waals surface area contributed by atoms with E-state index in [1.165, 1.54) is 0 Å². The first-order valence-corrected chi connectivity index (χ1v) is 7.49. The van der Waals surface area contributed by atoms with Crippen LogP contribution < -0.4 is 10.5 Å². The molecule has 2 rings (SSSR count). The van der Waals surface area contributed by atoms with Crippen LogP contribution in [0.2, 0.25) is 5.02 Å². The Kier molecular flexibility index (Phi) is 4.60. The normalized spacial score (nSPS) is 13.0. The third-order valence-electron chi connectivity index (χ3n) is 3.40. The summed E-state index contributed by atoms with van der Waals surface area (Å²) >= 11 is 6.31. The van der Waals surface area contributed by atoms with Crippen molar-refractivity contribution in [2.45, 2.75) is 39.2 Å². The number of rotatable bonds is 3. The average Bonchev–Trinajstić information content (AvgIpc) is 2.40. The van der Waals surface area contributed by atoms with Gasteiger partial charge in [-0.2, -0.15) is 0 Å². The highest BCUT2D eigenvalue weighted by Crippen LogP contribution is 2.37. The lowest BCUT2D eigenvalue weighted by Gasteiger charge is -2.23. The van der Waals surface area contributed by atoms with E-state index in [0.717, 1.165) is 16.9 Å². The molecule has 0 aliphatic rings. The summed E-state index contributed by atoms with van der Waals surface area (Å²) in [6.45, 7) is 8.42. The Morgan fingerprint density at radius 2 is 1.71 bits per heavy atom. The summed E-state index contributed by atoms with van der Waals surface area (Å²) < 4.78 is 6.03. The van der Waals surface area contributed by atoms with Crippen LogP contribution in [0.5, 0.6) is 11.5 Å². The molecule has 2 nitrogen and oxygen atoms in total. The first kappa shape index (κ1) is 15.9. The molecule has 0 aliphatic heterocycles. The van der Waals surface area contributed by atoms with Gasteiger partial charge in [-0.05, 0) is 36.1 Å². The van der Waals surface area contributed by atoms with E-state index in [9.17, 15) is 0 Å². The smallest absolute Gasteiger partial charge is 0.146 e.